The molecule has 0 rings (SSSR count). The summed E-state index contributed by atoms with van der Waals surface area (Å²) in [6, 6.07) is 0. The first-order chi connectivity index (χ1) is 3.31. The molecule has 0 aliphatic rings. The van der Waals surface area contributed by atoms with Gasteiger partial charge in [0.1, 0.15) is 0 Å². The molecule has 2 heteroatoms. The summed E-state index contributed by atoms with van der Waals surface area (Å²) < 4.78 is 1.18. The molecule has 0 fully saturated rings. The van der Waals surface area contributed by atoms with E-state index in [4.69, 9.17) is 0 Å². The van der Waals surface area contributed by atoms with Gasteiger partial charge in [0.25, 0.3) is 0 Å². The van der Waals surface area contributed by atoms with Crippen molar-refractivity contribution in [2.75, 3.05) is 7.05 Å². The Labute approximate surface area is 57.7 Å². The number of nitrogens with zero attached hydrogens (tertiary/aromatic N) is 1. The van der Waals surface area contributed by atoms with Gasteiger partial charge in [0.05, 0.1) is 0 Å². The molecule has 0 spiro atoms. The molecule has 0 heterocycles. The smallest absolute Gasteiger partial charge is 0.0339 e. The Balaban J connectivity index is 3.58. The first-order valence-electron chi connectivity index (χ1n) is 2.05. The van der Waals surface area contributed by atoms with Crippen LogP contribution in [0.4, 0.5) is 0 Å². The predicted molar refractivity (Wildman–Crippen MR) is 42.2 cm³/mol. The molecule has 0 amide bonds. The van der Waals surface area contributed by atoms with Crippen LogP contribution in [0, 0.1) is 0 Å². The number of rotatable bonds is 1. The highest BCUT2D eigenvalue weighted by Gasteiger charge is 1.74. The highest BCUT2D eigenvalue weighted by atomic mass is 127. The summed E-state index contributed by atoms with van der Waals surface area (Å²) in [7, 11) is 1.77. The van der Waals surface area contributed by atoms with E-state index in [9.17, 15) is 0 Å². The van der Waals surface area contributed by atoms with Gasteiger partial charge in [0.15, 0.2) is 0 Å². The Kier molecular flexibility index (Phi) is 4.39. The minimum atomic E-state index is 1.18. The third-order valence-corrected chi connectivity index (χ3v) is 1.43. The van der Waals surface area contributed by atoms with Crippen LogP contribution in [0.1, 0.15) is 6.92 Å². The van der Waals surface area contributed by atoms with E-state index in [-0.39, 0.29) is 0 Å². The van der Waals surface area contributed by atoms with Crippen molar-refractivity contribution in [3.63, 3.8) is 0 Å². The lowest BCUT2D eigenvalue weighted by molar-refractivity contribution is 1.47. The third-order valence-electron chi connectivity index (χ3n) is 0.528. The van der Waals surface area contributed by atoms with Crippen LogP contribution >= 0.6 is 22.6 Å². The summed E-state index contributed by atoms with van der Waals surface area (Å²) in [4.78, 5) is 3.81. The topological polar surface area (TPSA) is 12.4 Å². The second-order valence-electron chi connectivity index (χ2n) is 1.06. The summed E-state index contributed by atoms with van der Waals surface area (Å²) in [5.41, 5.74) is 0. The maximum atomic E-state index is 3.81. The fourth-order valence-corrected chi connectivity index (χ4v) is 0.476. The maximum absolute atomic E-state index is 3.81. The molecule has 0 aliphatic carbocycles. The molecule has 40 valence electrons. The number of hydrogen-bond donors (Lipinski definition) is 0. The molecular formula is C5H8IN. The van der Waals surface area contributed by atoms with Crippen LogP contribution in [0.3, 0.4) is 0 Å². The van der Waals surface area contributed by atoms with E-state index < -0.39 is 0 Å². The van der Waals surface area contributed by atoms with Gasteiger partial charge >= 0.3 is 0 Å². The highest BCUT2D eigenvalue weighted by molar-refractivity contribution is 14.1. The van der Waals surface area contributed by atoms with Crippen molar-refractivity contribution in [1.29, 1.82) is 0 Å². The van der Waals surface area contributed by atoms with Gasteiger partial charge in [0.2, 0.25) is 0 Å². The summed E-state index contributed by atoms with van der Waals surface area (Å²) in [5, 5.41) is 0. The van der Waals surface area contributed by atoms with Gasteiger partial charge in [-0.15, -0.1) is 0 Å². The van der Waals surface area contributed by atoms with Gasteiger partial charge in [-0.1, -0.05) is 6.08 Å². The first-order valence-corrected chi connectivity index (χ1v) is 3.13. The van der Waals surface area contributed by atoms with Crippen LogP contribution in [-0.2, 0) is 0 Å². The molecule has 0 aliphatic heterocycles. The van der Waals surface area contributed by atoms with Crippen molar-refractivity contribution in [2.45, 2.75) is 6.92 Å². The van der Waals surface area contributed by atoms with E-state index in [1.807, 2.05) is 19.2 Å². The molecule has 0 saturated heterocycles. The maximum Gasteiger partial charge on any atom is 0.0339 e. The zero-order valence-electron chi connectivity index (χ0n) is 4.48. The van der Waals surface area contributed by atoms with Crippen molar-refractivity contribution >= 4 is 28.8 Å². The second kappa shape index (κ2) is 4.30. The summed E-state index contributed by atoms with van der Waals surface area (Å²) >= 11 is 2.22. The standard InChI is InChI=1S/C5H8IN/c1-3-5(6)4-7-2/h3-4H,1-2H3/b5-3+,7-4-. The van der Waals surface area contributed by atoms with Crippen LogP contribution in [0.5, 0.6) is 0 Å². The van der Waals surface area contributed by atoms with Crippen molar-refractivity contribution in [1.82, 2.24) is 0 Å². The van der Waals surface area contributed by atoms with Crippen LogP contribution in [0.25, 0.3) is 0 Å². The zero-order valence-corrected chi connectivity index (χ0v) is 6.64. The largest absolute Gasteiger partial charge is 0.295 e. The van der Waals surface area contributed by atoms with Gasteiger partial charge in [0, 0.05) is 16.8 Å². The first kappa shape index (κ1) is 7.14. The summed E-state index contributed by atoms with van der Waals surface area (Å²) in [5.74, 6) is 0. The van der Waals surface area contributed by atoms with E-state index in [1.165, 1.54) is 3.58 Å². The fourth-order valence-electron chi connectivity index (χ4n) is 0.198. The van der Waals surface area contributed by atoms with Crippen molar-refractivity contribution in [2.24, 2.45) is 4.99 Å². The lowest BCUT2D eigenvalue weighted by Crippen LogP contribution is -1.67. The summed E-state index contributed by atoms with van der Waals surface area (Å²) in [6.07, 6.45) is 3.83. The number of aliphatic imine (C=N–C) groups is 1. The molecule has 7 heavy (non-hydrogen) atoms. The lowest BCUT2D eigenvalue weighted by atomic mass is 10.6. The molecule has 1 nitrogen and oxygen atoms in total. The quantitative estimate of drug-likeness (QED) is 0.462. The van der Waals surface area contributed by atoms with Crippen LogP contribution in [0.15, 0.2) is 14.6 Å². The minimum Gasteiger partial charge on any atom is -0.295 e. The summed E-state index contributed by atoms with van der Waals surface area (Å²) in [6.45, 7) is 1.99. The monoisotopic (exact) mass is 209 g/mol. The Morgan fingerprint density at radius 3 is 2.43 bits per heavy atom. The molecule has 0 radical (unpaired) electrons. The highest BCUT2D eigenvalue weighted by Crippen LogP contribution is 1.99. The Hall–Kier alpha value is 0.140. The second-order valence-corrected chi connectivity index (χ2v) is 2.31. The van der Waals surface area contributed by atoms with Gasteiger partial charge in [-0.05, 0) is 29.5 Å². The van der Waals surface area contributed by atoms with Gasteiger partial charge < -0.3 is 0 Å². The SMILES string of the molecule is C/C=C(I)\C=N/C. The normalized spacial score (nSPS) is 13.3. The van der Waals surface area contributed by atoms with Crippen LogP contribution in [-0.4, -0.2) is 13.3 Å². The van der Waals surface area contributed by atoms with Crippen molar-refractivity contribution in [3.05, 3.63) is 9.66 Å². The Morgan fingerprint density at radius 2 is 2.29 bits per heavy atom. The molecule has 0 unspecified atom stereocenters. The molecular weight excluding hydrogens is 201 g/mol. The van der Waals surface area contributed by atoms with Crippen molar-refractivity contribution < 1.29 is 0 Å². The molecule has 0 saturated carbocycles. The predicted octanol–water partition coefficient (Wildman–Crippen LogP) is 2.03. The Bertz CT molecular complexity index is 94.3. The average Bonchev–Trinajstić information content (AvgIpc) is 1.68. The minimum absolute atomic E-state index is 1.18. The molecule has 0 atom stereocenters. The van der Waals surface area contributed by atoms with E-state index >= 15 is 0 Å². The zero-order chi connectivity index (χ0) is 5.70. The van der Waals surface area contributed by atoms with Gasteiger partial charge in [-0.3, -0.25) is 4.99 Å². The van der Waals surface area contributed by atoms with E-state index in [0.717, 1.165) is 0 Å². The third kappa shape index (κ3) is 3.98. The lowest BCUT2D eigenvalue weighted by Gasteiger charge is -1.78. The van der Waals surface area contributed by atoms with Gasteiger partial charge in [-0.2, -0.15) is 0 Å². The molecule has 0 N–H and O–H groups in total. The van der Waals surface area contributed by atoms with Crippen LogP contribution in [0.2, 0.25) is 0 Å². The number of hydrogen-bond acceptors (Lipinski definition) is 1. The average molecular weight is 209 g/mol. The van der Waals surface area contributed by atoms with E-state index in [2.05, 4.69) is 27.6 Å². The molecule has 0 aromatic carbocycles. The number of halogens is 1. The van der Waals surface area contributed by atoms with Gasteiger partial charge in [-0.25, -0.2) is 0 Å². The number of allylic oxidation sites excluding steroid dienone is 2. The van der Waals surface area contributed by atoms with E-state index in [1.54, 1.807) is 7.05 Å². The van der Waals surface area contributed by atoms with E-state index in [0.29, 0.717) is 0 Å². The Morgan fingerprint density at radius 1 is 1.71 bits per heavy atom. The molecule has 0 aromatic heterocycles. The fraction of sp³-hybridized carbons (Fsp3) is 0.400. The molecule has 0 bridgehead atoms. The van der Waals surface area contributed by atoms with Crippen molar-refractivity contribution in [3.8, 4) is 0 Å². The van der Waals surface area contributed by atoms with Crippen LogP contribution < -0.4 is 0 Å². The molecule has 0 aromatic rings.